The first-order valence-electron chi connectivity index (χ1n) is 7.52. The number of rotatable bonds is 3. The van der Waals surface area contributed by atoms with Gasteiger partial charge in [0.1, 0.15) is 17.7 Å². The number of carboxylic acids is 1. The van der Waals surface area contributed by atoms with Crippen molar-refractivity contribution in [2.45, 2.75) is 19.0 Å². The van der Waals surface area contributed by atoms with Gasteiger partial charge in [-0.1, -0.05) is 29.8 Å². The first-order chi connectivity index (χ1) is 12.1. The number of fused-ring (bicyclic) bond motifs is 1. The molecule has 1 aliphatic rings. The smallest absolute Gasteiger partial charge is 0.325 e. The second-order valence-electron chi connectivity index (χ2n) is 5.72. The van der Waals surface area contributed by atoms with Crippen LogP contribution in [0.5, 0.6) is 0 Å². The van der Waals surface area contributed by atoms with Crippen LogP contribution in [0.4, 0.5) is 0 Å². The Bertz CT molecular complexity index is 888. The van der Waals surface area contributed by atoms with Crippen LogP contribution in [0.25, 0.3) is 0 Å². The van der Waals surface area contributed by atoms with Crippen LogP contribution >= 0.6 is 22.1 Å². The molecule has 10 heteroatoms. The Morgan fingerprint density at radius 2 is 1.96 bits per heavy atom. The zero-order valence-electron chi connectivity index (χ0n) is 13.8. The van der Waals surface area contributed by atoms with Gasteiger partial charge in [-0.25, -0.2) is 8.42 Å². The lowest BCUT2D eigenvalue weighted by Crippen LogP contribution is -2.37. The summed E-state index contributed by atoms with van der Waals surface area (Å²) in [6, 6.07) is 8.69. The van der Waals surface area contributed by atoms with Crippen LogP contribution < -0.4 is 0 Å². The third-order valence-electron chi connectivity index (χ3n) is 4.02. The lowest BCUT2D eigenvalue weighted by Gasteiger charge is -2.31. The Morgan fingerprint density at radius 1 is 1.35 bits per heavy atom. The number of aryl methyl sites for hydroxylation is 1. The van der Waals surface area contributed by atoms with Gasteiger partial charge >= 0.3 is 5.97 Å². The normalized spacial score (nSPS) is 16.2. The van der Waals surface area contributed by atoms with E-state index in [0.29, 0.717) is 17.1 Å². The monoisotopic (exact) mass is 419 g/mol. The van der Waals surface area contributed by atoms with E-state index >= 15 is 0 Å². The average Bonchev–Trinajstić information content (AvgIpc) is 2.88. The summed E-state index contributed by atoms with van der Waals surface area (Å²) in [5.41, 5.74) is 1.96. The molecular weight excluding hydrogens is 402 g/mol. The fourth-order valence-corrected chi connectivity index (χ4v) is 4.71. The molecule has 26 heavy (non-hydrogen) atoms. The summed E-state index contributed by atoms with van der Waals surface area (Å²) in [6.45, 7) is 1.45. The van der Waals surface area contributed by atoms with Crippen molar-refractivity contribution >= 4 is 38.4 Å². The van der Waals surface area contributed by atoms with Crippen LogP contribution in [0.1, 0.15) is 22.0 Å². The van der Waals surface area contributed by atoms with Crippen molar-refractivity contribution in [1.82, 2.24) is 4.90 Å². The molecule has 0 aliphatic carbocycles. The highest BCUT2D eigenvalue weighted by molar-refractivity contribution is 7.79. The van der Waals surface area contributed by atoms with Crippen LogP contribution in [0.2, 0.25) is 5.02 Å². The summed E-state index contributed by atoms with van der Waals surface area (Å²) in [5.74, 6) is -0.843. The largest absolute Gasteiger partial charge is 0.726 e. The Labute approximate surface area is 159 Å². The van der Waals surface area contributed by atoms with Crippen LogP contribution in [-0.2, 0) is 34.4 Å². The minimum Gasteiger partial charge on any atom is -0.726 e. The minimum atomic E-state index is -4.92. The van der Waals surface area contributed by atoms with E-state index in [4.69, 9.17) is 29.1 Å². The summed E-state index contributed by atoms with van der Waals surface area (Å²) >= 11 is 6.20. The third kappa shape index (κ3) is 5.50. The van der Waals surface area contributed by atoms with Gasteiger partial charge in [-0.3, -0.25) is 14.2 Å². The van der Waals surface area contributed by atoms with Gasteiger partial charge in [0.15, 0.2) is 4.88 Å². The molecule has 2 unspecified atom stereocenters. The highest BCUT2D eigenvalue weighted by Gasteiger charge is 2.34. The van der Waals surface area contributed by atoms with E-state index in [-0.39, 0.29) is 10.5 Å². The van der Waals surface area contributed by atoms with Crippen LogP contribution in [0, 0.1) is 0 Å². The number of carboxylic acid groups (broad SMARTS) is 1. The number of benzene rings is 1. The second-order valence-corrected chi connectivity index (χ2v) is 8.86. The molecule has 0 amide bonds. The van der Waals surface area contributed by atoms with Gasteiger partial charge in [0.05, 0.1) is 0 Å². The SMILES string of the molecule is C[s+]1ccc2c1CCN(C(C(=O)O)c1ccccc1Cl)C2.O=S(=O)([O-])O. The van der Waals surface area contributed by atoms with E-state index in [1.54, 1.807) is 12.1 Å². The van der Waals surface area contributed by atoms with E-state index in [0.717, 1.165) is 13.0 Å². The molecule has 1 aromatic carbocycles. The molecule has 0 fully saturated rings. The molecule has 142 valence electrons. The second kappa shape index (κ2) is 8.47. The first-order valence-corrected chi connectivity index (χ1v) is 11.0. The average molecular weight is 420 g/mol. The number of nitrogens with zero attached hydrogens (tertiary/aromatic N) is 1. The molecule has 0 bridgehead atoms. The topological polar surface area (TPSA) is 118 Å². The predicted molar refractivity (Wildman–Crippen MR) is 98.2 cm³/mol. The van der Waals surface area contributed by atoms with Crippen molar-refractivity contribution in [1.29, 1.82) is 0 Å². The predicted octanol–water partition coefficient (Wildman–Crippen LogP) is 2.81. The van der Waals surface area contributed by atoms with E-state index in [1.807, 2.05) is 17.0 Å². The van der Waals surface area contributed by atoms with Gasteiger partial charge in [0, 0.05) is 30.1 Å². The Hall–Kier alpha value is -1.49. The summed E-state index contributed by atoms with van der Waals surface area (Å²) < 4.78 is 32.8. The molecule has 7 nitrogen and oxygen atoms in total. The quantitative estimate of drug-likeness (QED) is 0.446. The van der Waals surface area contributed by atoms with Crippen molar-refractivity contribution in [2.75, 3.05) is 6.54 Å². The van der Waals surface area contributed by atoms with Crippen molar-refractivity contribution in [3.05, 3.63) is 56.7 Å². The van der Waals surface area contributed by atoms with E-state index < -0.39 is 22.4 Å². The summed E-state index contributed by atoms with van der Waals surface area (Å²) in [5, 5.41) is 12.4. The van der Waals surface area contributed by atoms with Crippen molar-refractivity contribution in [2.24, 2.45) is 6.26 Å². The van der Waals surface area contributed by atoms with Crippen LogP contribution in [0.15, 0.2) is 35.7 Å². The van der Waals surface area contributed by atoms with Crippen molar-refractivity contribution in [3.8, 4) is 0 Å². The highest BCUT2D eigenvalue weighted by Crippen LogP contribution is 2.36. The number of hydrogen-bond acceptors (Lipinski definition) is 5. The fourth-order valence-electron chi connectivity index (χ4n) is 2.97. The van der Waals surface area contributed by atoms with E-state index in [9.17, 15) is 9.90 Å². The Morgan fingerprint density at radius 3 is 2.54 bits per heavy atom. The highest BCUT2D eigenvalue weighted by atomic mass is 35.5. The standard InChI is InChI=1S/C16H16ClNO2S.H2O4S/c1-21-9-7-11-10-18(8-6-14(11)21)15(16(19)20)12-4-2-3-5-13(12)17;1-5(2,3)4/h2-5,7,9,15H,6,8,10H2,1H3;(H2,1,2,3,4). The van der Waals surface area contributed by atoms with E-state index in [2.05, 4.69) is 17.7 Å². The van der Waals surface area contributed by atoms with Gasteiger partial charge in [0.2, 0.25) is 10.4 Å². The maximum absolute atomic E-state index is 11.8. The zero-order valence-corrected chi connectivity index (χ0v) is 16.2. The first kappa shape index (κ1) is 20.8. The molecule has 0 saturated heterocycles. The molecule has 1 aliphatic heterocycles. The Kier molecular flexibility index (Phi) is 6.78. The van der Waals surface area contributed by atoms with Crippen molar-refractivity contribution in [3.63, 3.8) is 0 Å². The molecule has 0 spiro atoms. The van der Waals surface area contributed by atoms with Crippen molar-refractivity contribution < 1.29 is 27.4 Å². The fraction of sp³-hybridized carbons (Fsp3) is 0.312. The molecule has 1 aromatic heterocycles. The molecule has 2 aromatic rings. The molecule has 0 saturated carbocycles. The molecular formula is C16H18ClNO6S2. The minimum absolute atomic E-state index is 0.222. The maximum Gasteiger partial charge on any atom is 0.325 e. The number of hydrogen-bond donors (Lipinski definition) is 2. The number of aliphatic carboxylic acids is 1. The van der Waals surface area contributed by atoms with Gasteiger partial charge in [0.25, 0.3) is 0 Å². The lowest BCUT2D eigenvalue weighted by molar-refractivity contribution is -0.144. The van der Waals surface area contributed by atoms with Gasteiger partial charge < -0.3 is 9.66 Å². The lowest BCUT2D eigenvalue weighted by atomic mass is 10.0. The molecule has 0 radical (unpaired) electrons. The Balaban J connectivity index is 0.000000431. The van der Waals surface area contributed by atoms with Crippen LogP contribution in [-0.4, -0.2) is 40.0 Å². The van der Waals surface area contributed by atoms with Gasteiger partial charge in [-0.05, 0) is 28.2 Å². The maximum atomic E-state index is 11.8. The molecule has 2 N–H and O–H groups in total. The number of thiophene rings is 1. The molecule has 2 heterocycles. The summed E-state index contributed by atoms with van der Waals surface area (Å²) in [4.78, 5) is 15.3. The number of halogens is 1. The summed E-state index contributed by atoms with van der Waals surface area (Å²) in [6.07, 6.45) is 3.16. The molecule has 3 rings (SSSR count). The van der Waals surface area contributed by atoms with Gasteiger partial charge in [-0.15, -0.1) is 0 Å². The van der Waals surface area contributed by atoms with Crippen LogP contribution in [0.3, 0.4) is 0 Å². The summed E-state index contributed by atoms with van der Waals surface area (Å²) in [7, 11) is -4.69. The number of carbonyl (C=O) groups is 1. The third-order valence-corrected chi connectivity index (χ3v) is 6.15. The van der Waals surface area contributed by atoms with E-state index in [1.165, 1.54) is 10.4 Å². The molecule has 2 atom stereocenters. The van der Waals surface area contributed by atoms with Gasteiger partial charge in [-0.2, -0.15) is 0 Å². The zero-order chi connectivity index (χ0) is 19.5.